The van der Waals surface area contributed by atoms with Crippen LogP contribution in [-0.2, 0) is 0 Å². The molecule has 0 aliphatic carbocycles. The van der Waals surface area contributed by atoms with Crippen molar-refractivity contribution in [3.8, 4) is 0 Å². The van der Waals surface area contributed by atoms with E-state index in [1.165, 1.54) is 6.42 Å². The molecule has 3 nitrogen and oxygen atoms in total. The molecular weight excluding hydrogens is 200 g/mol. The molecule has 0 aromatic heterocycles. The fourth-order valence-electron chi connectivity index (χ4n) is 1.92. The summed E-state index contributed by atoms with van der Waals surface area (Å²) in [6, 6.07) is 1.06. The number of aliphatic hydroxyl groups is 1. The highest BCUT2D eigenvalue weighted by atomic mass is 16.3. The van der Waals surface area contributed by atoms with E-state index in [9.17, 15) is 0 Å². The number of nitrogens with one attached hydrogen (secondary N) is 1. The van der Waals surface area contributed by atoms with Crippen LogP contribution in [0.15, 0.2) is 0 Å². The second-order valence-corrected chi connectivity index (χ2v) is 4.51. The molecule has 0 aliphatic rings. The van der Waals surface area contributed by atoms with Gasteiger partial charge in [0.1, 0.15) is 0 Å². The van der Waals surface area contributed by atoms with E-state index in [0.717, 1.165) is 32.5 Å². The molecule has 0 saturated carbocycles. The van der Waals surface area contributed by atoms with Crippen molar-refractivity contribution in [3.63, 3.8) is 0 Å². The summed E-state index contributed by atoms with van der Waals surface area (Å²) in [5.41, 5.74) is 0. The van der Waals surface area contributed by atoms with Crippen molar-refractivity contribution in [3.05, 3.63) is 0 Å². The Hall–Kier alpha value is -0.120. The predicted octanol–water partition coefficient (Wildman–Crippen LogP) is 1.86. The Morgan fingerprint density at radius 3 is 2.38 bits per heavy atom. The van der Waals surface area contributed by atoms with Crippen LogP contribution >= 0.6 is 0 Å². The molecule has 2 unspecified atom stereocenters. The van der Waals surface area contributed by atoms with Gasteiger partial charge in [-0.3, -0.25) is 4.90 Å². The zero-order valence-corrected chi connectivity index (χ0v) is 11.5. The summed E-state index contributed by atoms with van der Waals surface area (Å²) < 4.78 is 0. The first-order chi connectivity index (χ1) is 7.69. The lowest BCUT2D eigenvalue weighted by molar-refractivity contribution is 0.173. The summed E-state index contributed by atoms with van der Waals surface area (Å²) in [5.74, 6) is 0. The molecule has 0 aromatic carbocycles. The number of hydrogen-bond acceptors (Lipinski definition) is 3. The van der Waals surface area contributed by atoms with Gasteiger partial charge in [-0.25, -0.2) is 0 Å². The summed E-state index contributed by atoms with van der Waals surface area (Å²) in [4.78, 5) is 2.49. The van der Waals surface area contributed by atoms with Gasteiger partial charge >= 0.3 is 0 Å². The number of likely N-dealkylation sites (N-methyl/N-ethyl adjacent to an activating group) is 1. The minimum Gasteiger partial charge on any atom is -0.396 e. The summed E-state index contributed by atoms with van der Waals surface area (Å²) >= 11 is 0. The van der Waals surface area contributed by atoms with Gasteiger partial charge in [-0.05, 0) is 39.3 Å². The Balaban J connectivity index is 4.10. The maximum atomic E-state index is 9.06. The van der Waals surface area contributed by atoms with E-state index in [1.54, 1.807) is 0 Å². The number of aliphatic hydroxyl groups excluding tert-OH is 1. The van der Waals surface area contributed by atoms with E-state index < -0.39 is 0 Å². The van der Waals surface area contributed by atoms with E-state index in [-0.39, 0.29) is 6.61 Å². The molecule has 0 radical (unpaired) electrons. The lowest BCUT2D eigenvalue weighted by atomic mass is 10.1. The van der Waals surface area contributed by atoms with Gasteiger partial charge in [-0.15, -0.1) is 0 Å². The summed E-state index contributed by atoms with van der Waals surface area (Å²) in [7, 11) is 0. The zero-order valence-electron chi connectivity index (χ0n) is 11.5. The molecule has 3 heteroatoms. The summed E-state index contributed by atoms with van der Waals surface area (Å²) in [6.45, 7) is 12.4. The molecule has 98 valence electrons. The number of rotatable bonds is 10. The van der Waals surface area contributed by atoms with Crippen LogP contribution in [0, 0.1) is 0 Å². The first-order valence-electron chi connectivity index (χ1n) is 6.77. The lowest BCUT2D eigenvalue weighted by Gasteiger charge is -2.31. The third-order valence-electron chi connectivity index (χ3n) is 3.24. The predicted molar refractivity (Wildman–Crippen MR) is 70.8 cm³/mol. The highest BCUT2D eigenvalue weighted by Crippen LogP contribution is 2.05. The molecule has 0 rings (SSSR count). The highest BCUT2D eigenvalue weighted by molar-refractivity contribution is 4.74. The average molecular weight is 230 g/mol. The molecule has 0 spiro atoms. The van der Waals surface area contributed by atoms with E-state index in [4.69, 9.17) is 5.11 Å². The van der Waals surface area contributed by atoms with Crippen molar-refractivity contribution in [1.82, 2.24) is 10.2 Å². The van der Waals surface area contributed by atoms with Crippen LogP contribution in [0.4, 0.5) is 0 Å². The van der Waals surface area contributed by atoms with Crippen molar-refractivity contribution in [2.75, 3.05) is 26.2 Å². The molecule has 0 bridgehead atoms. The molecular formula is C13H30N2O. The van der Waals surface area contributed by atoms with Crippen molar-refractivity contribution in [2.24, 2.45) is 0 Å². The fourth-order valence-corrected chi connectivity index (χ4v) is 1.92. The Bertz CT molecular complexity index is 153. The molecule has 0 heterocycles. The number of hydrogen-bond donors (Lipinski definition) is 2. The third kappa shape index (κ3) is 6.46. The van der Waals surface area contributed by atoms with E-state index in [1.807, 2.05) is 0 Å². The molecule has 2 atom stereocenters. The van der Waals surface area contributed by atoms with Crippen LogP contribution in [0.5, 0.6) is 0 Å². The van der Waals surface area contributed by atoms with Crippen LogP contribution in [0.1, 0.15) is 47.0 Å². The number of nitrogens with zero attached hydrogens (tertiary/aromatic N) is 1. The van der Waals surface area contributed by atoms with Gasteiger partial charge in [0, 0.05) is 25.2 Å². The maximum Gasteiger partial charge on any atom is 0.0446 e. The molecule has 0 saturated heterocycles. The second kappa shape index (κ2) is 10.1. The van der Waals surface area contributed by atoms with Crippen LogP contribution in [0.2, 0.25) is 0 Å². The normalized spacial score (nSPS) is 15.4. The van der Waals surface area contributed by atoms with Crippen molar-refractivity contribution in [2.45, 2.75) is 59.0 Å². The standard InChI is InChI=1S/C13H30N2O/c1-5-9-14-13(8-10-16)11-15(7-3)12(4)6-2/h12-14,16H,5-11H2,1-4H3. The fraction of sp³-hybridized carbons (Fsp3) is 1.00. The Labute approximate surface area is 101 Å². The molecule has 16 heavy (non-hydrogen) atoms. The molecule has 0 amide bonds. The van der Waals surface area contributed by atoms with Gasteiger partial charge in [0.25, 0.3) is 0 Å². The quantitative estimate of drug-likeness (QED) is 0.601. The van der Waals surface area contributed by atoms with E-state index in [2.05, 4.69) is 37.9 Å². The lowest BCUT2D eigenvalue weighted by Crippen LogP contribution is -2.45. The Morgan fingerprint density at radius 1 is 1.25 bits per heavy atom. The average Bonchev–Trinajstić information content (AvgIpc) is 2.31. The van der Waals surface area contributed by atoms with Gasteiger partial charge in [0.2, 0.25) is 0 Å². The van der Waals surface area contributed by atoms with E-state index >= 15 is 0 Å². The summed E-state index contributed by atoms with van der Waals surface area (Å²) in [6.07, 6.45) is 3.19. The summed E-state index contributed by atoms with van der Waals surface area (Å²) in [5, 5.41) is 12.6. The highest BCUT2D eigenvalue weighted by Gasteiger charge is 2.15. The van der Waals surface area contributed by atoms with Crippen LogP contribution in [-0.4, -0.2) is 48.3 Å². The smallest absolute Gasteiger partial charge is 0.0446 e. The minimum atomic E-state index is 0.277. The Morgan fingerprint density at radius 2 is 1.94 bits per heavy atom. The van der Waals surface area contributed by atoms with Crippen LogP contribution in [0.25, 0.3) is 0 Å². The SMILES string of the molecule is CCCNC(CCO)CN(CC)C(C)CC. The van der Waals surface area contributed by atoms with Crippen molar-refractivity contribution < 1.29 is 5.11 Å². The largest absolute Gasteiger partial charge is 0.396 e. The van der Waals surface area contributed by atoms with Gasteiger partial charge in [0.05, 0.1) is 0 Å². The maximum absolute atomic E-state index is 9.06. The monoisotopic (exact) mass is 230 g/mol. The second-order valence-electron chi connectivity index (χ2n) is 4.51. The van der Waals surface area contributed by atoms with Crippen LogP contribution < -0.4 is 5.32 Å². The molecule has 2 N–H and O–H groups in total. The van der Waals surface area contributed by atoms with Gasteiger partial charge < -0.3 is 10.4 Å². The molecule has 0 fully saturated rings. The third-order valence-corrected chi connectivity index (χ3v) is 3.24. The first kappa shape index (κ1) is 15.9. The van der Waals surface area contributed by atoms with Gasteiger partial charge in [-0.2, -0.15) is 0 Å². The minimum absolute atomic E-state index is 0.277. The van der Waals surface area contributed by atoms with Crippen molar-refractivity contribution >= 4 is 0 Å². The first-order valence-corrected chi connectivity index (χ1v) is 6.77. The zero-order chi connectivity index (χ0) is 12.4. The Kier molecular flexibility index (Phi) is 9.99. The molecule has 0 aromatic rings. The van der Waals surface area contributed by atoms with Gasteiger partial charge in [0.15, 0.2) is 0 Å². The van der Waals surface area contributed by atoms with Gasteiger partial charge in [-0.1, -0.05) is 20.8 Å². The van der Waals surface area contributed by atoms with E-state index in [0.29, 0.717) is 12.1 Å². The topological polar surface area (TPSA) is 35.5 Å². The molecule has 0 aliphatic heterocycles. The van der Waals surface area contributed by atoms with Crippen molar-refractivity contribution in [1.29, 1.82) is 0 Å². The van der Waals surface area contributed by atoms with Crippen LogP contribution in [0.3, 0.4) is 0 Å².